The van der Waals surface area contributed by atoms with Gasteiger partial charge in [-0.05, 0) is 23.9 Å². The topological polar surface area (TPSA) is 48.5 Å². The molecule has 0 saturated carbocycles. The normalized spacial score (nSPS) is 19.9. The van der Waals surface area contributed by atoms with E-state index in [4.69, 9.17) is 4.98 Å². The molecule has 0 amide bonds. The molecular weight excluding hydrogens is 320 g/mol. The van der Waals surface area contributed by atoms with Crippen LogP contribution in [0.4, 0.5) is 11.6 Å². The van der Waals surface area contributed by atoms with E-state index in [0.29, 0.717) is 0 Å². The largest absolute Gasteiger partial charge is 0.354 e. The molecule has 3 heterocycles. The molecule has 2 saturated heterocycles. The van der Waals surface area contributed by atoms with Crippen LogP contribution in [0.25, 0.3) is 10.8 Å². The van der Waals surface area contributed by atoms with Gasteiger partial charge in [0, 0.05) is 67.0 Å². The summed E-state index contributed by atoms with van der Waals surface area (Å²) >= 11 is 0. The lowest BCUT2D eigenvalue weighted by atomic mass is 10.1. The minimum Gasteiger partial charge on any atom is -0.354 e. The molecule has 5 nitrogen and oxygen atoms in total. The predicted molar refractivity (Wildman–Crippen MR) is 102 cm³/mol. The van der Waals surface area contributed by atoms with E-state index in [2.05, 4.69) is 46.3 Å². The summed E-state index contributed by atoms with van der Waals surface area (Å²) in [5.41, 5.74) is 1.29. The van der Waals surface area contributed by atoms with E-state index in [1.54, 1.807) is 0 Å². The van der Waals surface area contributed by atoms with E-state index in [9.17, 15) is 4.21 Å². The Morgan fingerprint density at radius 1 is 1.04 bits per heavy atom. The summed E-state index contributed by atoms with van der Waals surface area (Å²) in [5.74, 6) is 3.61. The second-order valence-electron chi connectivity index (χ2n) is 6.55. The number of aryl methyl sites for hydroxylation is 1. The van der Waals surface area contributed by atoms with Gasteiger partial charge >= 0.3 is 0 Å². The fourth-order valence-corrected chi connectivity index (χ4v) is 4.60. The number of fused-ring (bicyclic) bond motifs is 1. The number of anilines is 2. The molecule has 1 aromatic heterocycles. The van der Waals surface area contributed by atoms with E-state index < -0.39 is 10.8 Å². The van der Waals surface area contributed by atoms with E-state index in [-0.39, 0.29) is 0 Å². The van der Waals surface area contributed by atoms with Crippen molar-refractivity contribution in [1.82, 2.24) is 10.3 Å². The summed E-state index contributed by atoms with van der Waals surface area (Å²) in [7, 11) is -0.671. The van der Waals surface area contributed by atoms with Crippen LogP contribution in [0.5, 0.6) is 0 Å². The Morgan fingerprint density at radius 3 is 2.54 bits per heavy atom. The second kappa shape index (κ2) is 6.69. The standard InChI is InChI=1S/C18H24N4OS/c1-14-3-2-4-15-16(14)13-17(21-7-5-19-6-8-21)20-18(15)22-9-11-24(23)12-10-22/h2-4,13,19H,5-12H2,1H3. The lowest BCUT2D eigenvalue weighted by molar-refractivity contribution is 0.585. The van der Waals surface area contributed by atoms with Gasteiger partial charge in [0.15, 0.2) is 0 Å². The van der Waals surface area contributed by atoms with Crippen molar-refractivity contribution < 1.29 is 4.21 Å². The second-order valence-corrected chi connectivity index (χ2v) is 8.24. The molecule has 1 N–H and O–H groups in total. The van der Waals surface area contributed by atoms with Crippen molar-refractivity contribution in [3.05, 3.63) is 29.8 Å². The van der Waals surface area contributed by atoms with Crippen LogP contribution in [0.15, 0.2) is 24.3 Å². The number of hydrogen-bond acceptors (Lipinski definition) is 5. The Morgan fingerprint density at radius 2 is 1.79 bits per heavy atom. The van der Waals surface area contributed by atoms with Crippen LogP contribution in [0.1, 0.15) is 5.56 Å². The van der Waals surface area contributed by atoms with Gasteiger partial charge in [0.2, 0.25) is 0 Å². The van der Waals surface area contributed by atoms with Crippen molar-refractivity contribution in [3.8, 4) is 0 Å². The molecule has 0 atom stereocenters. The zero-order chi connectivity index (χ0) is 16.5. The van der Waals surface area contributed by atoms with Gasteiger partial charge in [-0.2, -0.15) is 0 Å². The van der Waals surface area contributed by atoms with Crippen molar-refractivity contribution in [2.24, 2.45) is 0 Å². The number of hydrogen-bond donors (Lipinski definition) is 1. The zero-order valence-electron chi connectivity index (χ0n) is 14.1. The van der Waals surface area contributed by atoms with Gasteiger partial charge in [0.1, 0.15) is 11.6 Å². The van der Waals surface area contributed by atoms with Crippen LogP contribution in [0.3, 0.4) is 0 Å². The summed E-state index contributed by atoms with van der Waals surface area (Å²) < 4.78 is 11.7. The van der Waals surface area contributed by atoms with Gasteiger partial charge in [0.25, 0.3) is 0 Å². The first-order valence-corrected chi connectivity index (χ1v) is 10.2. The number of piperazine rings is 1. The fraction of sp³-hybridized carbons (Fsp3) is 0.500. The Kier molecular flexibility index (Phi) is 4.41. The van der Waals surface area contributed by atoms with Crippen molar-refractivity contribution in [3.63, 3.8) is 0 Å². The average Bonchev–Trinajstić information content (AvgIpc) is 2.63. The average molecular weight is 344 g/mol. The zero-order valence-corrected chi connectivity index (χ0v) is 14.9. The van der Waals surface area contributed by atoms with Crippen LogP contribution in [0, 0.1) is 6.92 Å². The predicted octanol–water partition coefficient (Wildman–Crippen LogP) is 1.52. The first kappa shape index (κ1) is 15.8. The van der Waals surface area contributed by atoms with E-state index in [1.807, 2.05) is 0 Å². The minimum absolute atomic E-state index is 0.671. The molecule has 0 aliphatic carbocycles. The highest BCUT2D eigenvalue weighted by molar-refractivity contribution is 7.85. The molecule has 2 aromatic rings. The Bertz CT molecular complexity index is 763. The lowest BCUT2D eigenvalue weighted by Gasteiger charge is -2.32. The number of aromatic nitrogens is 1. The monoisotopic (exact) mass is 344 g/mol. The Hall–Kier alpha value is -1.66. The van der Waals surface area contributed by atoms with Crippen molar-refractivity contribution >= 4 is 33.2 Å². The lowest BCUT2D eigenvalue weighted by Crippen LogP contribution is -2.44. The summed E-state index contributed by atoms with van der Waals surface area (Å²) in [4.78, 5) is 9.72. The molecular formula is C18H24N4OS. The van der Waals surface area contributed by atoms with Gasteiger partial charge in [-0.25, -0.2) is 4.98 Å². The summed E-state index contributed by atoms with van der Waals surface area (Å²) in [6, 6.07) is 8.67. The molecule has 24 heavy (non-hydrogen) atoms. The van der Waals surface area contributed by atoms with Crippen LogP contribution >= 0.6 is 0 Å². The molecule has 2 aliphatic heterocycles. The Labute approximate surface area is 145 Å². The number of pyridine rings is 1. The maximum atomic E-state index is 11.7. The van der Waals surface area contributed by atoms with Crippen molar-refractivity contribution in [1.29, 1.82) is 0 Å². The molecule has 0 spiro atoms. The number of nitrogens with zero attached hydrogens (tertiary/aromatic N) is 3. The molecule has 6 heteroatoms. The molecule has 128 valence electrons. The van der Waals surface area contributed by atoms with Crippen molar-refractivity contribution in [2.75, 3.05) is 60.6 Å². The number of rotatable bonds is 2. The molecule has 0 bridgehead atoms. The van der Waals surface area contributed by atoms with Crippen LogP contribution in [0.2, 0.25) is 0 Å². The van der Waals surface area contributed by atoms with E-state index in [0.717, 1.165) is 62.4 Å². The summed E-state index contributed by atoms with van der Waals surface area (Å²) in [6.07, 6.45) is 0. The molecule has 2 fully saturated rings. The third kappa shape index (κ3) is 3.00. The molecule has 4 rings (SSSR count). The summed E-state index contributed by atoms with van der Waals surface area (Å²) in [5, 5.41) is 5.89. The summed E-state index contributed by atoms with van der Waals surface area (Å²) in [6.45, 7) is 7.82. The maximum Gasteiger partial charge on any atom is 0.138 e. The highest BCUT2D eigenvalue weighted by Crippen LogP contribution is 2.31. The third-order valence-corrected chi connectivity index (χ3v) is 6.25. The van der Waals surface area contributed by atoms with E-state index in [1.165, 1.54) is 16.3 Å². The van der Waals surface area contributed by atoms with Gasteiger partial charge in [-0.1, -0.05) is 18.2 Å². The number of benzene rings is 1. The highest BCUT2D eigenvalue weighted by Gasteiger charge is 2.21. The van der Waals surface area contributed by atoms with Gasteiger partial charge in [-0.3, -0.25) is 4.21 Å². The minimum atomic E-state index is -0.671. The first-order chi connectivity index (χ1) is 11.7. The van der Waals surface area contributed by atoms with E-state index >= 15 is 0 Å². The SMILES string of the molecule is Cc1cccc2c(N3CCS(=O)CC3)nc(N3CCNCC3)cc12. The third-order valence-electron chi connectivity index (χ3n) is 4.98. The smallest absolute Gasteiger partial charge is 0.138 e. The van der Waals surface area contributed by atoms with Crippen LogP contribution in [-0.4, -0.2) is 60.0 Å². The van der Waals surface area contributed by atoms with Gasteiger partial charge < -0.3 is 15.1 Å². The highest BCUT2D eigenvalue weighted by atomic mass is 32.2. The van der Waals surface area contributed by atoms with Crippen LogP contribution in [-0.2, 0) is 10.8 Å². The van der Waals surface area contributed by atoms with Gasteiger partial charge in [0.05, 0.1) is 0 Å². The Balaban J connectivity index is 1.80. The van der Waals surface area contributed by atoms with Crippen LogP contribution < -0.4 is 15.1 Å². The fourth-order valence-electron chi connectivity index (χ4n) is 3.54. The van der Waals surface area contributed by atoms with Gasteiger partial charge in [-0.15, -0.1) is 0 Å². The molecule has 0 unspecified atom stereocenters. The molecule has 0 radical (unpaired) electrons. The molecule has 1 aromatic carbocycles. The quantitative estimate of drug-likeness (QED) is 0.895. The van der Waals surface area contributed by atoms with Crippen molar-refractivity contribution in [2.45, 2.75) is 6.92 Å². The number of nitrogens with one attached hydrogen (secondary N) is 1. The molecule has 2 aliphatic rings. The maximum absolute atomic E-state index is 11.7. The first-order valence-electron chi connectivity index (χ1n) is 8.68.